The van der Waals surface area contributed by atoms with Crippen LogP contribution >= 0.6 is 11.6 Å². The molecule has 1 N–H and O–H groups in total. The predicted octanol–water partition coefficient (Wildman–Crippen LogP) is 3.74. The lowest BCUT2D eigenvalue weighted by Gasteiger charge is -1.99. The summed E-state index contributed by atoms with van der Waals surface area (Å²) >= 11 is 5.82. The zero-order chi connectivity index (χ0) is 12.1. The van der Waals surface area contributed by atoms with Crippen LogP contribution in [0, 0.1) is 0 Å². The molecular weight excluding hydrogens is 238 g/mol. The SMILES string of the molecule is O=C(/C=C/Nc1cccc(Cl)c1)c1ccco1. The van der Waals surface area contributed by atoms with Crippen molar-refractivity contribution in [2.75, 3.05) is 5.32 Å². The van der Waals surface area contributed by atoms with Gasteiger partial charge in [-0.2, -0.15) is 0 Å². The Hall–Kier alpha value is -2.00. The van der Waals surface area contributed by atoms with Crippen molar-refractivity contribution in [3.63, 3.8) is 0 Å². The lowest BCUT2D eigenvalue weighted by Crippen LogP contribution is -1.94. The molecule has 0 unspecified atom stereocenters. The summed E-state index contributed by atoms with van der Waals surface area (Å²) in [6.45, 7) is 0. The lowest BCUT2D eigenvalue weighted by molar-refractivity contribution is 0.102. The van der Waals surface area contributed by atoms with Gasteiger partial charge in [0.25, 0.3) is 0 Å². The van der Waals surface area contributed by atoms with Crippen molar-refractivity contribution in [3.8, 4) is 0 Å². The van der Waals surface area contributed by atoms with Gasteiger partial charge in [-0.25, -0.2) is 0 Å². The fourth-order valence-electron chi connectivity index (χ4n) is 1.29. The van der Waals surface area contributed by atoms with Gasteiger partial charge in [0, 0.05) is 23.0 Å². The molecule has 4 heteroatoms. The van der Waals surface area contributed by atoms with E-state index in [-0.39, 0.29) is 5.78 Å². The van der Waals surface area contributed by atoms with E-state index in [0.29, 0.717) is 10.8 Å². The molecule has 0 aliphatic rings. The van der Waals surface area contributed by atoms with E-state index in [4.69, 9.17) is 16.0 Å². The van der Waals surface area contributed by atoms with Crippen LogP contribution in [0.5, 0.6) is 0 Å². The minimum Gasteiger partial charge on any atom is -0.461 e. The topological polar surface area (TPSA) is 42.2 Å². The molecule has 1 heterocycles. The standard InChI is InChI=1S/C13H10ClNO2/c14-10-3-1-4-11(9-10)15-7-6-12(16)13-5-2-8-17-13/h1-9,15H/b7-6+. The monoisotopic (exact) mass is 247 g/mol. The Kier molecular flexibility index (Phi) is 3.62. The molecule has 0 atom stereocenters. The first-order chi connectivity index (χ1) is 8.25. The highest BCUT2D eigenvalue weighted by Crippen LogP contribution is 2.14. The number of carbonyl (C=O) groups is 1. The maximum Gasteiger partial charge on any atom is 0.222 e. The highest BCUT2D eigenvalue weighted by Gasteiger charge is 2.02. The van der Waals surface area contributed by atoms with Crippen LogP contribution < -0.4 is 5.32 Å². The van der Waals surface area contributed by atoms with Crippen molar-refractivity contribution < 1.29 is 9.21 Å². The Balaban J connectivity index is 1.96. The first-order valence-electron chi connectivity index (χ1n) is 5.02. The third-order valence-corrected chi connectivity index (χ3v) is 2.31. The van der Waals surface area contributed by atoms with Crippen LogP contribution in [0.15, 0.2) is 59.4 Å². The summed E-state index contributed by atoms with van der Waals surface area (Å²) in [5, 5.41) is 3.59. The van der Waals surface area contributed by atoms with Gasteiger partial charge in [-0.15, -0.1) is 0 Å². The zero-order valence-corrected chi connectivity index (χ0v) is 9.65. The Morgan fingerprint density at radius 1 is 1.29 bits per heavy atom. The van der Waals surface area contributed by atoms with E-state index < -0.39 is 0 Å². The zero-order valence-electron chi connectivity index (χ0n) is 8.89. The first-order valence-corrected chi connectivity index (χ1v) is 5.40. The van der Waals surface area contributed by atoms with Crippen molar-refractivity contribution in [2.24, 2.45) is 0 Å². The van der Waals surface area contributed by atoms with Gasteiger partial charge < -0.3 is 9.73 Å². The molecule has 0 saturated carbocycles. The Bertz CT molecular complexity index is 532. The third kappa shape index (κ3) is 3.23. The molecule has 2 rings (SSSR count). The number of anilines is 1. The summed E-state index contributed by atoms with van der Waals surface area (Å²) in [7, 11) is 0. The average Bonchev–Trinajstić information content (AvgIpc) is 2.82. The summed E-state index contributed by atoms with van der Waals surface area (Å²) in [5.74, 6) is 0.124. The van der Waals surface area contributed by atoms with Crippen LogP contribution in [-0.4, -0.2) is 5.78 Å². The summed E-state index contributed by atoms with van der Waals surface area (Å²) in [6, 6.07) is 10.5. The second kappa shape index (κ2) is 5.37. The van der Waals surface area contributed by atoms with Gasteiger partial charge in [-0.1, -0.05) is 17.7 Å². The molecule has 0 aliphatic carbocycles. The number of halogens is 1. The Morgan fingerprint density at radius 2 is 2.18 bits per heavy atom. The third-order valence-electron chi connectivity index (χ3n) is 2.07. The van der Waals surface area contributed by atoms with Crippen LogP contribution in [0.4, 0.5) is 5.69 Å². The Labute approximate surface area is 104 Å². The second-order valence-electron chi connectivity index (χ2n) is 3.33. The van der Waals surface area contributed by atoms with E-state index >= 15 is 0 Å². The number of furan rings is 1. The van der Waals surface area contributed by atoms with E-state index in [1.54, 1.807) is 30.5 Å². The summed E-state index contributed by atoms with van der Waals surface area (Å²) in [6.07, 6.45) is 4.42. The minimum atomic E-state index is -0.190. The van der Waals surface area contributed by atoms with Gasteiger partial charge in [-0.3, -0.25) is 4.79 Å². The maximum absolute atomic E-state index is 11.5. The molecule has 2 aromatic rings. The molecule has 0 aliphatic heterocycles. The minimum absolute atomic E-state index is 0.190. The van der Waals surface area contributed by atoms with Crippen molar-refractivity contribution >= 4 is 23.1 Å². The van der Waals surface area contributed by atoms with Crippen LogP contribution in [0.3, 0.4) is 0 Å². The molecule has 0 saturated heterocycles. The van der Waals surface area contributed by atoms with E-state index in [1.165, 1.54) is 12.3 Å². The van der Waals surface area contributed by atoms with Gasteiger partial charge in [-0.05, 0) is 30.3 Å². The average molecular weight is 248 g/mol. The molecule has 1 aromatic heterocycles. The van der Waals surface area contributed by atoms with E-state index in [1.807, 2.05) is 12.1 Å². The van der Waals surface area contributed by atoms with E-state index in [2.05, 4.69) is 5.32 Å². The van der Waals surface area contributed by atoms with Gasteiger partial charge in [0.15, 0.2) is 5.76 Å². The van der Waals surface area contributed by atoms with Crippen LogP contribution in [-0.2, 0) is 0 Å². The Morgan fingerprint density at radius 3 is 2.88 bits per heavy atom. The summed E-state index contributed by atoms with van der Waals surface area (Å²) < 4.78 is 4.97. The number of hydrogen-bond acceptors (Lipinski definition) is 3. The highest BCUT2D eigenvalue weighted by atomic mass is 35.5. The van der Waals surface area contributed by atoms with Gasteiger partial charge in [0.1, 0.15) is 0 Å². The number of allylic oxidation sites excluding steroid dienone is 1. The predicted molar refractivity (Wildman–Crippen MR) is 67.3 cm³/mol. The van der Waals surface area contributed by atoms with Gasteiger partial charge in [0.2, 0.25) is 5.78 Å². The van der Waals surface area contributed by atoms with Crippen LogP contribution in [0.2, 0.25) is 5.02 Å². The number of rotatable bonds is 4. The maximum atomic E-state index is 11.5. The van der Waals surface area contributed by atoms with Crippen molar-refractivity contribution in [2.45, 2.75) is 0 Å². The molecule has 3 nitrogen and oxygen atoms in total. The normalized spacial score (nSPS) is 10.6. The number of carbonyl (C=O) groups excluding carboxylic acids is 1. The molecule has 0 radical (unpaired) electrons. The lowest BCUT2D eigenvalue weighted by atomic mass is 10.3. The van der Waals surface area contributed by atoms with Crippen molar-refractivity contribution in [1.82, 2.24) is 0 Å². The smallest absolute Gasteiger partial charge is 0.222 e. The molecule has 0 amide bonds. The molecule has 17 heavy (non-hydrogen) atoms. The quantitative estimate of drug-likeness (QED) is 0.661. The molecule has 86 valence electrons. The number of hydrogen-bond donors (Lipinski definition) is 1. The highest BCUT2D eigenvalue weighted by molar-refractivity contribution is 6.30. The largest absolute Gasteiger partial charge is 0.461 e. The van der Waals surface area contributed by atoms with Gasteiger partial charge in [0.05, 0.1) is 6.26 Å². The molecule has 0 fully saturated rings. The number of nitrogens with one attached hydrogen (secondary N) is 1. The first kappa shape index (κ1) is 11.5. The molecule has 1 aromatic carbocycles. The van der Waals surface area contributed by atoms with Crippen molar-refractivity contribution in [3.05, 3.63) is 65.7 Å². The van der Waals surface area contributed by atoms with Crippen LogP contribution in [0.25, 0.3) is 0 Å². The second-order valence-corrected chi connectivity index (χ2v) is 3.77. The fourth-order valence-corrected chi connectivity index (χ4v) is 1.48. The molecular formula is C13H10ClNO2. The van der Waals surface area contributed by atoms with E-state index in [0.717, 1.165) is 5.69 Å². The van der Waals surface area contributed by atoms with Crippen LogP contribution in [0.1, 0.15) is 10.6 Å². The number of benzene rings is 1. The fraction of sp³-hybridized carbons (Fsp3) is 0. The molecule has 0 spiro atoms. The van der Waals surface area contributed by atoms with E-state index in [9.17, 15) is 4.79 Å². The number of ketones is 1. The van der Waals surface area contributed by atoms with Crippen molar-refractivity contribution in [1.29, 1.82) is 0 Å². The molecule has 0 bridgehead atoms. The summed E-state index contributed by atoms with van der Waals surface area (Å²) in [5.41, 5.74) is 0.820. The summed E-state index contributed by atoms with van der Waals surface area (Å²) in [4.78, 5) is 11.5. The van der Waals surface area contributed by atoms with Gasteiger partial charge >= 0.3 is 0 Å².